The highest BCUT2D eigenvalue weighted by Gasteiger charge is 2.21. The van der Waals surface area contributed by atoms with E-state index in [9.17, 15) is 29.8 Å². The zero-order chi connectivity index (χ0) is 20.1. The Balaban J connectivity index is 1.93. The largest absolute Gasteiger partial charge is 0.365 e. The molecule has 0 unspecified atom stereocenters. The molecule has 0 saturated carbocycles. The van der Waals surface area contributed by atoms with Crippen molar-refractivity contribution in [2.24, 2.45) is 11.5 Å². The first kappa shape index (κ1) is 20.4. The fourth-order valence-electron chi connectivity index (χ4n) is 2.37. The maximum Gasteiger partial charge on any atom is 0.325 e. The molecule has 2 aromatic rings. The molecule has 0 fully saturated rings. The Labute approximate surface area is 160 Å². The van der Waals surface area contributed by atoms with Crippen LogP contribution in [0.5, 0.6) is 0 Å². The summed E-state index contributed by atoms with van der Waals surface area (Å²) in [6, 6.07) is 2.64. The molecule has 0 saturated heterocycles. The molecular weight excluding hydrogens is 398 g/mol. The minimum Gasteiger partial charge on any atom is -0.365 e. The first-order valence-corrected chi connectivity index (χ1v) is 9.18. The number of nitrogens with one attached hydrogen (secondary N) is 1. The molecule has 0 aliphatic heterocycles. The summed E-state index contributed by atoms with van der Waals surface area (Å²) in [7, 11) is 0. The van der Waals surface area contributed by atoms with Crippen LogP contribution in [0.4, 0.5) is 10.0 Å². The molecule has 13 heteroatoms. The number of nitrogens with two attached hydrogens (primary N) is 2. The SMILES string of the molecule is NC(=O)c1sc([N+](=O)[O-])cc1CCNCCc1cc([N+](=O)[O-])sc1C(N)=O. The number of rotatable bonds is 10. The van der Waals surface area contributed by atoms with Gasteiger partial charge in [0, 0.05) is 12.1 Å². The Morgan fingerprint density at radius 2 is 1.26 bits per heavy atom. The smallest absolute Gasteiger partial charge is 0.325 e. The van der Waals surface area contributed by atoms with Crippen LogP contribution in [0.1, 0.15) is 30.5 Å². The monoisotopic (exact) mass is 413 g/mol. The Hall–Kier alpha value is -2.90. The summed E-state index contributed by atoms with van der Waals surface area (Å²) >= 11 is 1.46. The van der Waals surface area contributed by atoms with Gasteiger partial charge in [-0.1, -0.05) is 22.7 Å². The zero-order valence-corrected chi connectivity index (χ0v) is 15.4. The number of amides is 2. The summed E-state index contributed by atoms with van der Waals surface area (Å²) in [6.07, 6.45) is 0.685. The maximum atomic E-state index is 11.4. The van der Waals surface area contributed by atoms with Crippen molar-refractivity contribution in [3.8, 4) is 0 Å². The van der Waals surface area contributed by atoms with Crippen LogP contribution >= 0.6 is 22.7 Å². The van der Waals surface area contributed by atoms with E-state index in [1.165, 1.54) is 12.1 Å². The summed E-state index contributed by atoms with van der Waals surface area (Å²) in [6.45, 7) is 0.790. The van der Waals surface area contributed by atoms with Crippen LogP contribution in [0.2, 0.25) is 0 Å². The summed E-state index contributed by atoms with van der Waals surface area (Å²) in [5.74, 6) is -1.44. The Morgan fingerprint density at radius 3 is 1.56 bits per heavy atom. The summed E-state index contributed by atoms with van der Waals surface area (Å²) in [5.41, 5.74) is 11.4. The third kappa shape index (κ3) is 5.06. The van der Waals surface area contributed by atoms with Gasteiger partial charge in [0.2, 0.25) is 0 Å². The van der Waals surface area contributed by atoms with E-state index in [0.717, 1.165) is 22.7 Å². The summed E-state index contributed by atoms with van der Waals surface area (Å²) in [4.78, 5) is 43.5. The lowest BCUT2D eigenvalue weighted by molar-refractivity contribution is -0.380. The molecule has 0 bridgehead atoms. The molecule has 0 aliphatic rings. The number of nitro groups is 2. The molecule has 2 amide bonds. The van der Waals surface area contributed by atoms with Crippen LogP contribution in [0.25, 0.3) is 0 Å². The molecule has 2 heterocycles. The van der Waals surface area contributed by atoms with Gasteiger partial charge in [0.15, 0.2) is 0 Å². The second kappa shape index (κ2) is 8.66. The fourth-order valence-corrected chi connectivity index (χ4v) is 4.12. The van der Waals surface area contributed by atoms with Gasteiger partial charge in [-0.3, -0.25) is 29.8 Å². The van der Waals surface area contributed by atoms with Crippen LogP contribution < -0.4 is 16.8 Å². The van der Waals surface area contributed by atoms with Gasteiger partial charge in [0.1, 0.15) is 9.75 Å². The first-order valence-electron chi connectivity index (χ1n) is 7.55. The van der Waals surface area contributed by atoms with E-state index in [-0.39, 0.29) is 19.8 Å². The third-order valence-corrected chi connectivity index (χ3v) is 5.83. The van der Waals surface area contributed by atoms with Crippen LogP contribution in [-0.2, 0) is 12.8 Å². The molecule has 0 radical (unpaired) electrons. The number of primary amides is 2. The average molecular weight is 413 g/mol. The van der Waals surface area contributed by atoms with E-state index >= 15 is 0 Å². The summed E-state index contributed by atoms with van der Waals surface area (Å²) in [5, 5.41) is 24.4. The van der Waals surface area contributed by atoms with Crippen LogP contribution in [0.3, 0.4) is 0 Å². The molecule has 0 atom stereocenters. The second-order valence-corrected chi connectivity index (χ2v) is 7.43. The van der Waals surface area contributed by atoms with Crippen LogP contribution in [-0.4, -0.2) is 34.8 Å². The fraction of sp³-hybridized carbons (Fsp3) is 0.286. The molecule has 5 N–H and O–H groups in total. The molecule has 0 aromatic carbocycles. The molecule has 0 aliphatic carbocycles. The number of nitrogens with zero attached hydrogens (tertiary/aromatic N) is 2. The van der Waals surface area contributed by atoms with Crippen molar-refractivity contribution in [2.45, 2.75) is 12.8 Å². The Morgan fingerprint density at radius 1 is 0.889 bits per heavy atom. The average Bonchev–Trinajstić information content (AvgIpc) is 3.19. The molecule has 2 aromatic heterocycles. The minimum absolute atomic E-state index is 0.146. The predicted octanol–water partition coefficient (Wildman–Crippen LogP) is 1.20. The molecule has 2 rings (SSSR count). The number of carbonyl (C=O) groups is 2. The van der Waals surface area contributed by atoms with Gasteiger partial charge in [0.25, 0.3) is 11.8 Å². The van der Waals surface area contributed by atoms with Gasteiger partial charge in [-0.25, -0.2) is 0 Å². The zero-order valence-electron chi connectivity index (χ0n) is 13.8. The van der Waals surface area contributed by atoms with Crippen molar-refractivity contribution in [3.05, 3.63) is 53.2 Å². The van der Waals surface area contributed by atoms with E-state index < -0.39 is 21.7 Å². The first-order chi connectivity index (χ1) is 12.7. The van der Waals surface area contributed by atoms with Crippen molar-refractivity contribution in [3.63, 3.8) is 0 Å². The lowest BCUT2D eigenvalue weighted by Crippen LogP contribution is -2.22. The van der Waals surface area contributed by atoms with Gasteiger partial charge < -0.3 is 16.8 Å². The highest BCUT2D eigenvalue weighted by Crippen LogP contribution is 2.30. The normalized spacial score (nSPS) is 10.7. The highest BCUT2D eigenvalue weighted by atomic mass is 32.1. The summed E-state index contributed by atoms with van der Waals surface area (Å²) < 4.78 is 0. The molecular formula is C14H15N5O6S2. The number of hydrogen-bond acceptors (Lipinski definition) is 9. The van der Waals surface area contributed by atoms with Gasteiger partial charge in [-0.05, 0) is 37.1 Å². The van der Waals surface area contributed by atoms with Gasteiger partial charge in [0.05, 0.1) is 9.85 Å². The highest BCUT2D eigenvalue weighted by molar-refractivity contribution is 7.17. The Kier molecular flexibility index (Phi) is 6.55. The van der Waals surface area contributed by atoms with Crippen molar-refractivity contribution < 1.29 is 19.4 Å². The second-order valence-electron chi connectivity index (χ2n) is 5.37. The Bertz CT molecular complexity index is 834. The van der Waals surface area contributed by atoms with E-state index in [1.54, 1.807) is 0 Å². The van der Waals surface area contributed by atoms with E-state index in [0.29, 0.717) is 37.1 Å². The molecule has 27 heavy (non-hydrogen) atoms. The van der Waals surface area contributed by atoms with E-state index in [4.69, 9.17) is 11.5 Å². The molecule has 144 valence electrons. The van der Waals surface area contributed by atoms with Crippen molar-refractivity contribution in [1.29, 1.82) is 0 Å². The van der Waals surface area contributed by atoms with Crippen LogP contribution in [0, 0.1) is 20.2 Å². The lowest BCUT2D eigenvalue weighted by atomic mass is 10.1. The topological polar surface area (TPSA) is 184 Å². The molecule has 11 nitrogen and oxygen atoms in total. The quantitative estimate of drug-likeness (QED) is 0.296. The number of carbonyl (C=O) groups excluding carboxylic acids is 2. The van der Waals surface area contributed by atoms with E-state index in [1.807, 2.05) is 0 Å². The third-order valence-electron chi connectivity index (χ3n) is 3.54. The predicted molar refractivity (Wildman–Crippen MR) is 99.3 cm³/mol. The standard InChI is InChI=1S/C14H15N5O6S2/c15-13(20)11-7(5-9(26-11)18(22)23)1-3-17-4-2-8-6-10(19(24)25)27-12(8)14(16)21/h5-6,17H,1-4H2,(H2,15,20)(H2,16,21). The lowest BCUT2D eigenvalue weighted by Gasteiger charge is -2.04. The van der Waals surface area contributed by atoms with Crippen LogP contribution in [0.15, 0.2) is 12.1 Å². The number of thiophene rings is 2. The van der Waals surface area contributed by atoms with E-state index in [2.05, 4.69) is 5.32 Å². The van der Waals surface area contributed by atoms with Gasteiger partial charge in [-0.2, -0.15) is 0 Å². The molecule has 0 spiro atoms. The minimum atomic E-state index is -0.722. The maximum absolute atomic E-state index is 11.4. The number of hydrogen-bond donors (Lipinski definition) is 3. The van der Waals surface area contributed by atoms with Crippen molar-refractivity contribution in [1.82, 2.24) is 5.32 Å². The van der Waals surface area contributed by atoms with Crippen molar-refractivity contribution in [2.75, 3.05) is 13.1 Å². The van der Waals surface area contributed by atoms with Gasteiger partial charge in [-0.15, -0.1) is 0 Å². The van der Waals surface area contributed by atoms with Gasteiger partial charge >= 0.3 is 10.0 Å². The van der Waals surface area contributed by atoms with Crippen molar-refractivity contribution >= 4 is 44.5 Å².